The second kappa shape index (κ2) is 8.68. The monoisotopic (exact) mass is 419 g/mol. The number of amides is 1. The fraction of sp³-hybridized carbons (Fsp3) is 0.150. The van der Waals surface area contributed by atoms with Gasteiger partial charge in [-0.1, -0.05) is 48.5 Å². The average Bonchev–Trinajstić information content (AvgIpc) is 2.69. The van der Waals surface area contributed by atoms with Crippen LogP contribution in [0.1, 0.15) is 21.6 Å². The SMILES string of the molecule is O=C(NCc1ccccc1OC(F)(F)F)c1cc(=O)n(Cc2ccccc2)c(=O)[nH]1. The highest BCUT2D eigenvalue weighted by Gasteiger charge is 2.32. The van der Waals surface area contributed by atoms with Gasteiger partial charge >= 0.3 is 12.1 Å². The molecular weight excluding hydrogens is 403 g/mol. The molecule has 3 aromatic rings. The highest BCUT2D eigenvalue weighted by atomic mass is 19.4. The lowest BCUT2D eigenvalue weighted by molar-refractivity contribution is -0.274. The number of hydrogen-bond acceptors (Lipinski definition) is 4. The Hall–Kier alpha value is -3.82. The molecule has 0 aliphatic rings. The number of rotatable bonds is 6. The van der Waals surface area contributed by atoms with Gasteiger partial charge in [-0.05, 0) is 11.6 Å². The number of alkyl halides is 3. The molecule has 0 spiro atoms. The standard InChI is InChI=1S/C20H16F3N3O4/c21-20(22,23)30-16-9-5-4-8-14(16)11-24-18(28)15-10-17(27)26(19(29)25-15)12-13-6-2-1-3-7-13/h1-10H,11-12H2,(H,24,28)(H,25,29). The maximum atomic E-state index is 12.5. The molecule has 156 valence electrons. The van der Waals surface area contributed by atoms with Gasteiger partial charge in [-0.15, -0.1) is 13.2 Å². The highest BCUT2D eigenvalue weighted by molar-refractivity contribution is 5.92. The fourth-order valence-corrected chi connectivity index (χ4v) is 2.70. The summed E-state index contributed by atoms with van der Waals surface area (Å²) in [5.74, 6) is -1.28. The van der Waals surface area contributed by atoms with Crippen molar-refractivity contribution in [1.82, 2.24) is 14.9 Å². The molecule has 0 aliphatic carbocycles. The van der Waals surface area contributed by atoms with Crippen LogP contribution in [0.5, 0.6) is 5.75 Å². The van der Waals surface area contributed by atoms with E-state index in [9.17, 15) is 27.6 Å². The quantitative estimate of drug-likeness (QED) is 0.642. The fourth-order valence-electron chi connectivity index (χ4n) is 2.70. The van der Waals surface area contributed by atoms with E-state index in [4.69, 9.17) is 0 Å². The number of halogens is 3. The number of nitrogens with one attached hydrogen (secondary N) is 2. The van der Waals surface area contributed by atoms with E-state index in [-0.39, 0.29) is 24.3 Å². The molecule has 0 atom stereocenters. The molecule has 0 radical (unpaired) electrons. The molecule has 0 saturated heterocycles. The molecule has 1 aromatic heterocycles. The lowest BCUT2D eigenvalue weighted by Crippen LogP contribution is -2.38. The van der Waals surface area contributed by atoms with Gasteiger partial charge in [-0.25, -0.2) is 4.79 Å². The van der Waals surface area contributed by atoms with Gasteiger partial charge in [-0.3, -0.25) is 14.2 Å². The van der Waals surface area contributed by atoms with Gasteiger partial charge in [0.1, 0.15) is 11.4 Å². The van der Waals surface area contributed by atoms with Crippen molar-refractivity contribution < 1.29 is 22.7 Å². The van der Waals surface area contributed by atoms with Gasteiger partial charge < -0.3 is 15.0 Å². The number of aromatic amines is 1. The first-order valence-corrected chi connectivity index (χ1v) is 8.73. The van der Waals surface area contributed by atoms with Gasteiger partial charge in [0.15, 0.2) is 0 Å². The molecule has 10 heteroatoms. The number of H-pyrrole nitrogens is 1. The molecule has 2 N–H and O–H groups in total. The zero-order valence-electron chi connectivity index (χ0n) is 15.4. The predicted molar refractivity (Wildman–Crippen MR) is 101 cm³/mol. The van der Waals surface area contributed by atoms with Gasteiger partial charge in [0.2, 0.25) is 0 Å². The number of carbonyl (C=O) groups is 1. The maximum absolute atomic E-state index is 12.5. The Bertz CT molecular complexity index is 1120. The van der Waals surface area contributed by atoms with Crippen molar-refractivity contribution in [1.29, 1.82) is 0 Å². The predicted octanol–water partition coefficient (Wildman–Crippen LogP) is 2.41. The zero-order chi connectivity index (χ0) is 21.7. The Morgan fingerprint density at radius 3 is 2.37 bits per heavy atom. The summed E-state index contributed by atoms with van der Waals surface area (Å²) in [7, 11) is 0. The summed E-state index contributed by atoms with van der Waals surface area (Å²) in [4.78, 5) is 39.1. The molecule has 1 amide bonds. The third-order valence-corrected chi connectivity index (χ3v) is 4.09. The number of benzene rings is 2. The summed E-state index contributed by atoms with van der Waals surface area (Å²) in [6.45, 7) is -0.278. The lowest BCUT2D eigenvalue weighted by Gasteiger charge is -2.13. The Morgan fingerprint density at radius 2 is 1.70 bits per heavy atom. The summed E-state index contributed by atoms with van der Waals surface area (Å²) in [6.07, 6.45) is -4.88. The van der Waals surface area contributed by atoms with E-state index in [1.807, 2.05) is 0 Å². The average molecular weight is 419 g/mol. The van der Waals surface area contributed by atoms with Gasteiger partial charge in [-0.2, -0.15) is 0 Å². The number of nitrogens with zero attached hydrogens (tertiary/aromatic N) is 1. The molecule has 0 fully saturated rings. The van der Waals surface area contributed by atoms with E-state index in [1.54, 1.807) is 30.3 Å². The molecule has 30 heavy (non-hydrogen) atoms. The van der Waals surface area contributed by atoms with Crippen LogP contribution < -0.4 is 21.3 Å². The third kappa shape index (κ3) is 5.37. The number of hydrogen-bond donors (Lipinski definition) is 2. The molecule has 0 aliphatic heterocycles. The molecule has 2 aromatic carbocycles. The number of para-hydroxylation sites is 1. The van der Waals surface area contributed by atoms with Crippen LogP contribution in [0.15, 0.2) is 70.3 Å². The second-order valence-corrected chi connectivity index (χ2v) is 6.24. The Morgan fingerprint density at radius 1 is 1.03 bits per heavy atom. The van der Waals surface area contributed by atoms with Gasteiger partial charge in [0.25, 0.3) is 11.5 Å². The Balaban J connectivity index is 1.74. The highest BCUT2D eigenvalue weighted by Crippen LogP contribution is 2.26. The molecule has 0 bridgehead atoms. The first-order valence-electron chi connectivity index (χ1n) is 8.73. The van der Waals surface area contributed by atoms with Crippen molar-refractivity contribution in [3.8, 4) is 5.75 Å². The Kier molecular flexibility index (Phi) is 6.05. The van der Waals surface area contributed by atoms with Crippen molar-refractivity contribution >= 4 is 5.91 Å². The lowest BCUT2D eigenvalue weighted by atomic mass is 10.2. The van der Waals surface area contributed by atoms with E-state index in [0.29, 0.717) is 0 Å². The van der Waals surface area contributed by atoms with Crippen LogP contribution in [0, 0.1) is 0 Å². The van der Waals surface area contributed by atoms with Crippen LogP contribution in [-0.4, -0.2) is 21.8 Å². The third-order valence-electron chi connectivity index (χ3n) is 4.09. The normalized spacial score (nSPS) is 11.2. The first kappa shape index (κ1) is 20.9. The van der Waals surface area contributed by atoms with Crippen molar-refractivity contribution in [2.75, 3.05) is 0 Å². The minimum atomic E-state index is -4.88. The maximum Gasteiger partial charge on any atom is 0.573 e. The van der Waals surface area contributed by atoms with Crippen LogP contribution in [0.2, 0.25) is 0 Å². The van der Waals surface area contributed by atoms with E-state index in [0.717, 1.165) is 22.3 Å². The number of aromatic nitrogens is 2. The molecule has 0 saturated carbocycles. The second-order valence-electron chi connectivity index (χ2n) is 6.24. The van der Waals surface area contributed by atoms with Crippen LogP contribution in [0.3, 0.4) is 0 Å². The van der Waals surface area contributed by atoms with Crippen LogP contribution in [-0.2, 0) is 13.1 Å². The van der Waals surface area contributed by atoms with Crippen molar-refractivity contribution in [3.63, 3.8) is 0 Å². The summed E-state index contributed by atoms with van der Waals surface area (Å²) in [5.41, 5.74) is -0.971. The van der Waals surface area contributed by atoms with Gasteiger partial charge in [0, 0.05) is 18.2 Å². The van der Waals surface area contributed by atoms with Crippen molar-refractivity contribution in [2.24, 2.45) is 0 Å². The summed E-state index contributed by atoms with van der Waals surface area (Å²) in [6, 6.07) is 15.1. The van der Waals surface area contributed by atoms with Crippen molar-refractivity contribution in [2.45, 2.75) is 19.5 Å². The van der Waals surface area contributed by atoms with Crippen LogP contribution in [0.4, 0.5) is 13.2 Å². The van der Waals surface area contributed by atoms with E-state index in [2.05, 4.69) is 15.0 Å². The van der Waals surface area contributed by atoms with E-state index < -0.39 is 29.3 Å². The van der Waals surface area contributed by atoms with Crippen LogP contribution >= 0.6 is 0 Å². The minimum absolute atomic E-state index is 0.0268. The van der Waals surface area contributed by atoms with Crippen LogP contribution in [0.25, 0.3) is 0 Å². The van der Waals surface area contributed by atoms with E-state index in [1.165, 1.54) is 18.2 Å². The minimum Gasteiger partial charge on any atom is -0.405 e. The molecular formula is C20H16F3N3O4. The molecule has 3 rings (SSSR count). The Labute approximate surface area is 167 Å². The number of carbonyl (C=O) groups excluding carboxylic acids is 1. The largest absolute Gasteiger partial charge is 0.573 e. The first-order chi connectivity index (χ1) is 14.2. The summed E-state index contributed by atoms with van der Waals surface area (Å²) in [5, 5.41) is 2.36. The molecule has 0 unspecified atom stereocenters. The summed E-state index contributed by atoms with van der Waals surface area (Å²) >= 11 is 0. The molecule has 7 nitrogen and oxygen atoms in total. The van der Waals surface area contributed by atoms with E-state index >= 15 is 0 Å². The smallest absolute Gasteiger partial charge is 0.405 e. The summed E-state index contributed by atoms with van der Waals surface area (Å²) < 4.78 is 42.3. The number of ether oxygens (including phenoxy) is 1. The topological polar surface area (TPSA) is 93.2 Å². The van der Waals surface area contributed by atoms with Crippen molar-refractivity contribution in [3.05, 3.63) is 98.3 Å². The zero-order valence-corrected chi connectivity index (χ0v) is 15.4. The molecule has 1 heterocycles. The van der Waals surface area contributed by atoms with Gasteiger partial charge in [0.05, 0.1) is 6.54 Å².